The molecule has 0 amide bonds. The molecule has 0 aromatic carbocycles. The smallest absolute Gasteiger partial charge is 0.179 e. The summed E-state index contributed by atoms with van der Waals surface area (Å²) in [5.74, 6) is 0.176. The Bertz CT molecular complexity index is 368. The van der Waals surface area contributed by atoms with Gasteiger partial charge in [-0.25, -0.2) is 0 Å². The first-order valence-electron chi connectivity index (χ1n) is 4.84. The van der Waals surface area contributed by atoms with Gasteiger partial charge < -0.3 is 0 Å². The highest BCUT2D eigenvalue weighted by atomic mass is 32.2. The molecular weight excluding hydrogens is 226 g/mol. The zero-order chi connectivity index (χ0) is 11.3. The molecular formula is C11H15NOS2. The Labute approximate surface area is 98.8 Å². The van der Waals surface area contributed by atoms with E-state index in [0.29, 0.717) is 6.42 Å². The Morgan fingerprint density at radius 3 is 2.73 bits per heavy atom. The van der Waals surface area contributed by atoms with E-state index in [1.807, 2.05) is 32.2 Å². The number of carbonyl (C=O) groups excluding carboxylic acids is 1. The molecule has 15 heavy (non-hydrogen) atoms. The largest absolute Gasteiger partial charge is 0.293 e. The maximum absolute atomic E-state index is 11.8. The van der Waals surface area contributed by atoms with Gasteiger partial charge in [0.25, 0.3) is 0 Å². The predicted octanol–water partition coefficient (Wildman–Crippen LogP) is 3.41. The molecule has 2 nitrogen and oxygen atoms in total. The van der Waals surface area contributed by atoms with Crippen LogP contribution in [-0.4, -0.2) is 23.6 Å². The van der Waals surface area contributed by atoms with E-state index in [1.54, 1.807) is 23.1 Å². The number of ketones is 1. The summed E-state index contributed by atoms with van der Waals surface area (Å²) in [6.07, 6.45) is 2.40. The van der Waals surface area contributed by atoms with E-state index < -0.39 is 0 Å². The fourth-order valence-corrected chi connectivity index (χ4v) is 2.52. The summed E-state index contributed by atoms with van der Waals surface area (Å²) in [4.78, 5) is 18.1. The molecule has 1 heterocycles. The zero-order valence-corrected chi connectivity index (χ0v) is 10.9. The molecule has 1 rings (SSSR count). The normalized spacial score (nSPS) is 11.8. The summed E-state index contributed by atoms with van der Waals surface area (Å²) >= 11 is 3.11. The van der Waals surface area contributed by atoms with Crippen molar-refractivity contribution >= 4 is 33.9 Å². The van der Waals surface area contributed by atoms with Crippen molar-refractivity contribution in [2.45, 2.75) is 20.3 Å². The van der Waals surface area contributed by atoms with Gasteiger partial charge in [-0.1, -0.05) is 0 Å². The maximum atomic E-state index is 11.8. The van der Waals surface area contributed by atoms with Crippen molar-refractivity contribution in [3.8, 4) is 0 Å². The zero-order valence-electron chi connectivity index (χ0n) is 9.24. The number of carbonyl (C=O) groups is 1. The van der Waals surface area contributed by atoms with Gasteiger partial charge in [0, 0.05) is 11.4 Å². The van der Waals surface area contributed by atoms with Crippen molar-refractivity contribution in [1.29, 1.82) is 0 Å². The summed E-state index contributed by atoms with van der Waals surface area (Å²) in [6, 6.07) is 3.87. The second-order valence-electron chi connectivity index (χ2n) is 3.08. The van der Waals surface area contributed by atoms with Crippen molar-refractivity contribution in [2.24, 2.45) is 4.99 Å². The van der Waals surface area contributed by atoms with Crippen molar-refractivity contribution in [1.82, 2.24) is 0 Å². The molecule has 1 aromatic heterocycles. The van der Waals surface area contributed by atoms with E-state index in [1.165, 1.54) is 4.88 Å². The number of thiophene rings is 1. The Balaban J connectivity index is 2.66. The van der Waals surface area contributed by atoms with Crippen LogP contribution in [0, 0.1) is 6.92 Å². The van der Waals surface area contributed by atoms with Crippen LogP contribution < -0.4 is 0 Å². The second-order valence-corrected chi connectivity index (χ2v) is 5.25. The van der Waals surface area contributed by atoms with Crippen LogP contribution in [0.2, 0.25) is 0 Å². The van der Waals surface area contributed by atoms with Crippen LogP contribution in [0.15, 0.2) is 17.1 Å². The highest BCUT2D eigenvalue weighted by Gasteiger charge is 2.10. The lowest BCUT2D eigenvalue weighted by Gasteiger charge is -2.00. The average molecular weight is 241 g/mol. The lowest BCUT2D eigenvalue weighted by molar-refractivity contribution is 0.100. The topological polar surface area (TPSA) is 29.4 Å². The second kappa shape index (κ2) is 6.08. The van der Waals surface area contributed by atoms with Crippen LogP contribution in [0.3, 0.4) is 0 Å². The minimum Gasteiger partial charge on any atom is -0.293 e. The van der Waals surface area contributed by atoms with Crippen LogP contribution in [0.5, 0.6) is 0 Å². The number of aryl methyl sites for hydroxylation is 1. The van der Waals surface area contributed by atoms with E-state index in [9.17, 15) is 4.79 Å². The fraction of sp³-hybridized carbons (Fsp3) is 0.455. The van der Waals surface area contributed by atoms with E-state index in [0.717, 1.165) is 16.5 Å². The van der Waals surface area contributed by atoms with E-state index >= 15 is 0 Å². The number of hydrogen-bond acceptors (Lipinski definition) is 4. The Kier molecular flexibility index (Phi) is 5.05. The summed E-state index contributed by atoms with van der Waals surface area (Å²) in [6.45, 7) is 4.74. The third-order valence-corrected chi connectivity index (χ3v) is 3.68. The molecule has 82 valence electrons. The number of nitrogens with zero attached hydrogens (tertiary/aromatic N) is 1. The fourth-order valence-electron chi connectivity index (χ4n) is 1.18. The van der Waals surface area contributed by atoms with E-state index in [4.69, 9.17) is 0 Å². The van der Waals surface area contributed by atoms with Crippen LogP contribution in [-0.2, 0) is 0 Å². The lowest BCUT2D eigenvalue weighted by atomic mass is 10.2. The SMILES string of the molecule is CCN=C(CC(=O)c1ccc(C)s1)SC. The van der Waals surface area contributed by atoms with Crippen molar-refractivity contribution < 1.29 is 4.79 Å². The van der Waals surface area contributed by atoms with Crippen LogP contribution in [0.1, 0.15) is 27.9 Å². The van der Waals surface area contributed by atoms with Crippen LogP contribution in [0.4, 0.5) is 0 Å². The Morgan fingerprint density at radius 2 is 2.27 bits per heavy atom. The standard InChI is InChI=1S/C11H15NOS2/c1-4-12-11(14-3)7-9(13)10-6-5-8(2)15-10/h5-6H,4,7H2,1-3H3. The molecule has 0 fully saturated rings. The van der Waals surface area contributed by atoms with Gasteiger partial charge in [0.1, 0.15) is 0 Å². The third kappa shape index (κ3) is 3.80. The molecule has 1 aromatic rings. The monoisotopic (exact) mass is 241 g/mol. The highest BCUT2D eigenvalue weighted by Crippen LogP contribution is 2.18. The number of Topliss-reactive ketones (excluding diaryl/α,β-unsaturated/α-hetero) is 1. The molecule has 0 atom stereocenters. The van der Waals surface area contributed by atoms with Gasteiger partial charge in [-0.3, -0.25) is 9.79 Å². The molecule has 0 aliphatic heterocycles. The minimum atomic E-state index is 0.176. The highest BCUT2D eigenvalue weighted by molar-refractivity contribution is 8.13. The Morgan fingerprint density at radius 1 is 1.53 bits per heavy atom. The van der Waals surface area contributed by atoms with Gasteiger partial charge in [0.2, 0.25) is 0 Å². The first kappa shape index (κ1) is 12.5. The molecule has 4 heteroatoms. The molecule has 0 aliphatic carbocycles. The molecule has 0 unspecified atom stereocenters. The summed E-state index contributed by atoms with van der Waals surface area (Å²) in [5.41, 5.74) is 0. The molecule has 0 N–H and O–H groups in total. The van der Waals surface area contributed by atoms with Crippen LogP contribution >= 0.6 is 23.1 Å². The first-order chi connectivity index (χ1) is 7.17. The van der Waals surface area contributed by atoms with Crippen molar-refractivity contribution in [3.63, 3.8) is 0 Å². The number of hydrogen-bond donors (Lipinski definition) is 0. The van der Waals surface area contributed by atoms with Gasteiger partial charge >= 0.3 is 0 Å². The van der Waals surface area contributed by atoms with Gasteiger partial charge in [-0.15, -0.1) is 23.1 Å². The Hall–Kier alpha value is -0.610. The van der Waals surface area contributed by atoms with Gasteiger partial charge in [0.05, 0.1) is 16.3 Å². The van der Waals surface area contributed by atoms with Crippen molar-refractivity contribution in [2.75, 3.05) is 12.8 Å². The molecule has 0 radical (unpaired) electrons. The summed E-state index contributed by atoms with van der Waals surface area (Å²) in [5, 5.41) is 0.925. The number of aliphatic imine (C=N–C) groups is 1. The molecule has 0 aliphatic rings. The predicted molar refractivity (Wildman–Crippen MR) is 69.5 cm³/mol. The van der Waals surface area contributed by atoms with Gasteiger partial charge in [-0.05, 0) is 32.2 Å². The van der Waals surface area contributed by atoms with Crippen molar-refractivity contribution in [3.05, 3.63) is 21.9 Å². The van der Waals surface area contributed by atoms with Crippen LogP contribution in [0.25, 0.3) is 0 Å². The number of thioether (sulfide) groups is 1. The molecule has 0 saturated heterocycles. The molecule has 0 spiro atoms. The molecule has 0 saturated carbocycles. The van der Waals surface area contributed by atoms with E-state index in [-0.39, 0.29) is 5.78 Å². The first-order valence-corrected chi connectivity index (χ1v) is 6.88. The summed E-state index contributed by atoms with van der Waals surface area (Å²) in [7, 11) is 0. The average Bonchev–Trinajstić information content (AvgIpc) is 2.64. The lowest BCUT2D eigenvalue weighted by Crippen LogP contribution is -2.03. The maximum Gasteiger partial charge on any atom is 0.179 e. The minimum absolute atomic E-state index is 0.176. The van der Waals surface area contributed by atoms with Gasteiger partial charge in [-0.2, -0.15) is 0 Å². The summed E-state index contributed by atoms with van der Waals surface area (Å²) < 4.78 is 0. The van der Waals surface area contributed by atoms with Gasteiger partial charge in [0.15, 0.2) is 5.78 Å². The molecule has 0 bridgehead atoms. The van der Waals surface area contributed by atoms with E-state index in [2.05, 4.69) is 4.99 Å². The third-order valence-electron chi connectivity index (χ3n) is 1.90. The number of rotatable bonds is 4. The quantitative estimate of drug-likeness (QED) is 0.459.